The molecule has 0 spiro atoms. The molecule has 2 rings (SSSR count). The third-order valence-electron chi connectivity index (χ3n) is 5.13. The molecule has 0 heterocycles. The molecule has 2 fully saturated rings. The van der Waals surface area contributed by atoms with Gasteiger partial charge in [0.1, 0.15) is 0 Å². The van der Waals surface area contributed by atoms with E-state index in [0.29, 0.717) is 0 Å². The Morgan fingerprint density at radius 3 is 2.17 bits per heavy atom. The Balaban J connectivity index is 1.63. The minimum atomic E-state index is -2.31. The van der Waals surface area contributed by atoms with Crippen LogP contribution in [-0.2, 0) is 13.3 Å². The van der Waals surface area contributed by atoms with Crippen LogP contribution in [0, 0.1) is 17.8 Å². The van der Waals surface area contributed by atoms with E-state index < -0.39 is 8.80 Å². The van der Waals surface area contributed by atoms with Crippen molar-refractivity contribution in [2.24, 2.45) is 17.8 Å². The zero-order valence-electron chi connectivity index (χ0n) is 12.1. The van der Waals surface area contributed by atoms with Crippen molar-refractivity contribution >= 4 is 8.80 Å². The van der Waals surface area contributed by atoms with Crippen LogP contribution in [-0.4, -0.2) is 30.1 Å². The van der Waals surface area contributed by atoms with Crippen LogP contribution in [0.1, 0.15) is 44.9 Å². The van der Waals surface area contributed by atoms with E-state index in [2.05, 4.69) is 0 Å². The molecule has 0 saturated heterocycles. The lowest BCUT2D eigenvalue weighted by atomic mass is 9.85. The van der Waals surface area contributed by atoms with E-state index in [1.807, 2.05) is 0 Å². The quantitative estimate of drug-likeness (QED) is 0.500. The molecule has 0 aromatic rings. The summed E-state index contributed by atoms with van der Waals surface area (Å²) in [6.45, 7) is 0. The van der Waals surface area contributed by atoms with Gasteiger partial charge in [-0.3, -0.25) is 0 Å². The zero-order valence-corrected chi connectivity index (χ0v) is 13.1. The van der Waals surface area contributed by atoms with Gasteiger partial charge in [-0.1, -0.05) is 19.3 Å². The highest BCUT2D eigenvalue weighted by Gasteiger charge is 2.40. The minimum Gasteiger partial charge on any atom is -0.377 e. The normalized spacial score (nSPS) is 31.2. The molecule has 18 heavy (non-hydrogen) atoms. The summed E-state index contributed by atoms with van der Waals surface area (Å²) in [6.07, 6.45) is 9.93. The summed E-state index contributed by atoms with van der Waals surface area (Å²) in [4.78, 5) is 0. The van der Waals surface area contributed by atoms with Gasteiger partial charge in [0.15, 0.2) is 0 Å². The van der Waals surface area contributed by atoms with Crippen LogP contribution in [0.3, 0.4) is 0 Å². The second-order valence-corrected chi connectivity index (χ2v) is 9.07. The van der Waals surface area contributed by atoms with Gasteiger partial charge in [-0.2, -0.15) is 0 Å². The van der Waals surface area contributed by atoms with Crippen LogP contribution < -0.4 is 0 Å². The average Bonchev–Trinajstić information content (AvgIpc) is 3.02. The van der Waals surface area contributed by atoms with Crippen LogP contribution >= 0.6 is 0 Å². The van der Waals surface area contributed by atoms with Gasteiger partial charge >= 0.3 is 8.80 Å². The Labute approximate surface area is 113 Å². The highest BCUT2D eigenvalue weighted by molar-refractivity contribution is 6.60. The third-order valence-corrected chi connectivity index (χ3v) is 7.96. The molecule has 0 aromatic carbocycles. The van der Waals surface area contributed by atoms with Crippen molar-refractivity contribution < 1.29 is 13.3 Å². The van der Waals surface area contributed by atoms with Crippen molar-refractivity contribution in [2.75, 3.05) is 21.3 Å². The molecular formula is C14H28O3Si. The Kier molecular flexibility index (Phi) is 5.24. The molecule has 2 aliphatic carbocycles. The molecule has 3 atom stereocenters. The van der Waals surface area contributed by atoms with Gasteiger partial charge in [0.05, 0.1) is 0 Å². The van der Waals surface area contributed by atoms with Gasteiger partial charge in [0.2, 0.25) is 0 Å². The van der Waals surface area contributed by atoms with Crippen molar-refractivity contribution in [2.45, 2.75) is 51.0 Å². The van der Waals surface area contributed by atoms with E-state index in [4.69, 9.17) is 13.3 Å². The van der Waals surface area contributed by atoms with Gasteiger partial charge in [-0.05, 0) is 43.4 Å². The van der Waals surface area contributed by atoms with Gasteiger partial charge in [-0.25, -0.2) is 0 Å². The molecular weight excluding hydrogens is 244 g/mol. The van der Waals surface area contributed by atoms with Gasteiger partial charge < -0.3 is 13.3 Å². The van der Waals surface area contributed by atoms with Gasteiger partial charge in [0.25, 0.3) is 0 Å². The summed E-state index contributed by atoms with van der Waals surface area (Å²) < 4.78 is 16.4. The molecule has 106 valence electrons. The number of hydrogen-bond acceptors (Lipinski definition) is 3. The standard InChI is InChI=1S/C14H28O3Si/c1-15-18(16-2,17-3)9-5-4-6-13-10-12-7-8-14(13)11-12/h12-14H,4-11H2,1-3H3. The minimum absolute atomic E-state index is 0.956. The van der Waals surface area contributed by atoms with E-state index in [-0.39, 0.29) is 0 Å². The van der Waals surface area contributed by atoms with Crippen molar-refractivity contribution in [3.05, 3.63) is 0 Å². The van der Waals surface area contributed by atoms with Crippen LogP contribution in [0.4, 0.5) is 0 Å². The maximum Gasteiger partial charge on any atom is 0.500 e. The highest BCUT2D eigenvalue weighted by Crippen LogP contribution is 2.50. The van der Waals surface area contributed by atoms with E-state index in [9.17, 15) is 0 Å². The molecule has 4 heteroatoms. The molecule has 0 aromatic heterocycles. The SMILES string of the molecule is CO[Si](CCCCC1CC2CCC1C2)(OC)OC. The highest BCUT2D eigenvalue weighted by atomic mass is 28.4. The smallest absolute Gasteiger partial charge is 0.377 e. The topological polar surface area (TPSA) is 27.7 Å². The lowest BCUT2D eigenvalue weighted by Gasteiger charge is -2.25. The molecule has 3 unspecified atom stereocenters. The summed E-state index contributed by atoms with van der Waals surface area (Å²) in [5, 5.41) is 0. The van der Waals surface area contributed by atoms with Crippen LogP contribution in [0.25, 0.3) is 0 Å². The van der Waals surface area contributed by atoms with Gasteiger partial charge in [0, 0.05) is 27.4 Å². The van der Waals surface area contributed by atoms with E-state index in [1.54, 1.807) is 21.3 Å². The largest absolute Gasteiger partial charge is 0.500 e. The summed E-state index contributed by atoms with van der Waals surface area (Å²) in [6, 6.07) is 0.956. The molecule has 0 N–H and O–H groups in total. The first kappa shape index (κ1) is 14.5. The van der Waals surface area contributed by atoms with Crippen LogP contribution in [0.2, 0.25) is 6.04 Å². The van der Waals surface area contributed by atoms with E-state index in [1.165, 1.54) is 44.9 Å². The van der Waals surface area contributed by atoms with Crippen molar-refractivity contribution in [1.82, 2.24) is 0 Å². The predicted octanol–water partition coefficient (Wildman–Crippen LogP) is 3.47. The second kappa shape index (κ2) is 6.50. The molecule has 2 bridgehead atoms. The number of fused-ring (bicyclic) bond motifs is 2. The Bertz CT molecular complexity index is 247. The summed E-state index contributed by atoms with van der Waals surface area (Å²) in [7, 11) is 2.80. The fourth-order valence-electron chi connectivity index (χ4n) is 4.03. The number of unbranched alkanes of at least 4 members (excludes halogenated alkanes) is 1. The van der Waals surface area contributed by atoms with Crippen molar-refractivity contribution in [3.8, 4) is 0 Å². The molecule has 0 aliphatic heterocycles. The van der Waals surface area contributed by atoms with Crippen LogP contribution in [0.15, 0.2) is 0 Å². The number of hydrogen-bond donors (Lipinski definition) is 0. The summed E-state index contributed by atoms with van der Waals surface area (Å²) in [5.41, 5.74) is 0. The first-order chi connectivity index (χ1) is 8.73. The Hall–Kier alpha value is 0.0969. The van der Waals surface area contributed by atoms with E-state index >= 15 is 0 Å². The lowest BCUT2D eigenvalue weighted by molar-refractivity contribution is 0.122. The number of rotatable bonds is 8. The van der Waals surface area contributed by atoms with Crippen LogP contribution in [0.5, 0.6) is 0 Å². The average molecular weight is 272 g/mol. The third kappa shape index (κ3) is 3.16. The maximum atomic E-state index is 5.45. The second-order valence-electron chi connectivity index (χ2n) is 5.98. The monoisotopic (exact) mass is 272 g/mol. The lowest BCUT2D eigenvalue weighted by Crippen LogP contribution is -2.42. The Morgan fingerprint density at radius 2 is 1.67 bits per heavy atom. The summed E-state index contributed by atoms with van der Waals surface area (Å²) >= 11 is 0. The van der Waals surface area contributed by atoms with Crippen molar-refractivity contribution in [1.29, 1.82) is 0 Å². The van der Waals surface area contributed by atoms with Gasteiger partial charge in [-0.15, -0.1) is 0 Å². The van der Waals surface area contributed by atoms with E-state index in [0.717, 1.165) is 23.8 Å². The first-order valence-corrected chi connectivity index (χ1v) is 9.31. The van der Waals surface area contributed by atoms with Crippen molar-refractivity contribution in [3.63, 3.8) is 0 Å². The first-order valence-electron chi connectivity index (χ1n) is 7.38. The zero-order chi connectivity index (χ0) is 13.0. The predicted molar refractivity (Wildman–Crippen MR) is 74.4 cm³/mol. The maximum absolute atomic E-state index is 5.45. The molecule has 3 nitrogen and oxygen atoms in total. The fraction of sp³-hybridized carbons (Fsp3) is 1.00. The molecule has 0 amide bonds. The molecule has 0 radical (unpaired) electrons. The summed E-state index contributed by atoms with van der Waals surface area (Å²) in [5.74, 6) is 3.15. The molecule has 2 aliphatic rings. The Morgan fingerprint density at radius 1 is 0.944 bits per heavy atom. The molecule has 2 saturated carbocycles. The fourth-order valence-corrected chi connectivity index (χ4v) is 5.83.